The first-order valence-corrected chi connectivity index (χ1v) is 6.42. The molecule has 0 spiro atoms. The number of aromatic nitrogens is 3. The standard InChI is InChI=1S/C7H5Cl2N5S2/c8-3-1-4(9)6(12-5(3)13-10)16-7-14-11-2-15-7/h1-2H,10H2,(H,12,13). The Balaban J connectivity index is 2.33. The van der Waals surface area contributed by atoms with E-state index in [1.54, 1.807) is 11.6 Å². The van der Waals surface area contributed by atoms with Crippen LogP contribution in [0.4, 0.5) is 5.82 Å². The fourth-order valence-corrected chi connectivity index (χ4v) is 2.83. The summed E-state index contributed by atoms with van der Waals surface area (Å²) >= 11 is 14.6. The summed E-state index contributed by atoms with van der Waals surface area (Å²) in [6.45, 7) is 0. The van der Waals surface area contributed by atoms with E-state index in [9.17, 15) is 0 Å². The second-order valence-electron chi connectivity index (χ2n) is 2.56. The van der Waals surface area contributed by atoms with Crippen LogP contribution in [0, 0.1) is 0 Å². The molecule has 0 aliphatic rings. The largest absolute Gasteiger partial charge is 0.307 e. The molecule has 2 heterocycles. The lowest BCUT2D eigenvalue weighted by atomic mass is 10.4. The van der Waals surface area contributed by atoms with Crippen molar-refractivity contribution in [2.24, 2.45) is 5.84 Å². The quantitative estimate of drug-likeness (QED) is 0.669. The van der Waals surface area contributed by atoms with Gasteiger partial charge in [0.15, 0.2) is 10.2 Å². The van der Waals surface area contributed by atoms with Gasteiger partial charge >= 0.3 is 0 Å². The summed E-state index contributed by atoms with van der Waals surface area (Å²) in [7, 11) is 0. The summed E-state index contributed by atoms with van der Waals surface area (Å²) in [5.41, 5.74) is 4.03. The summed E-state index contributed by atoms with van der Waals surface area (Å²) in [4.78, 5) is 4.17. The van der Waals surface area contributed by atoms with Crippen molar-refractivity contribution >= 4 is 52.1 Å². The highest BCUT2D eigenvalue weighted by Crippen LogP contribution is 2.35. The Kier molecular flexibility index (Phi) is 3.82. The fourth-order valence-electron chi connectivity index (χ4n) is 0.913. The Labute approximate surface area is 109 Å². The molecule has 2 rings (SSSR count). The van der Waals surface area contributed by atoms with Crippen LogP contribution in [0.3, 0.4) is 0 Å². The molecule has 0 aliphatic heterocycles. The van der Waals surface area contributed by atoms with Crippen molar-refractivity contribution in [2.45, 2.75) is 9.37 Å². The fraction of sp³-hybridized carbons (Fsp3) is 0. The van der Waals surface area contributed by atoms with E-state index in [0.717, 1.165) is 4.34 Å². The van der Waals surface area contributed by atoms with E-state index < -0.39 is 0 Å². The molecule has 0 saturated carbocycles. The van der Waals surface area contributed by atoms with Crippen molar-refractivity contribution in [1.29, 1.82) is 0 Å². The van der Waals surface area contributed by atoms with Crippen LogP contribution in [0.15, 0.2) is 20.9 Å². The summed E-state index contributed by atoms with van der Waals surface area (Å²) in [5.74, 6) is 5.64. The van der Waals surface area contributed by atoms with Gasteiger partial charge in [-0.15, -0.1) is 10.2 Å². The van der Waals surface area contributed by atoms with Crippen LogP contribution in [0.1, 0.15) is 0 Å². The Morgan fingerprint density at radius 2 is 2.19 bits per heavy atom. The summed E-state index contributed by atoms with van der Waals surface area (Å²) in [5, 5.41) is 8.99. The third-order valence-corrected chi connectivity index (χ3v) is 4.03. The molecule has 3 N–H and O–H groups in total. The lowest BCUT2D eigenvalue weighted by Gasteiger charge is -2.06. The van der Waals surface area contributed by atoms with Crippen LogP contribution >= 0.6 is 46.3 Å². The molecular weight excluding hydrogens is 289 g/mol. The molecule has 0 bridgehead atoms. The van der Waals surface area contributed by atoms with Crippen LogP contribution in [0.5, 0.6) is 0 Å². The minimum absolute atomic E-state index is 0.370. The Hall–Kier alpha value is -0.600. The molecule has 2 aromatic rings. The molecule has 0 aliphatic carbocycles. The zero-order valence-corrected chi connectivity index (χ0v) is 10.8. The predicted octanol–water partition coefficient (Wildman–Crippen LogP) is 2.68. The van der Waals surface area contributed by atoms with Crippen LogP contribution in [-0.2, 0) is 0 Å². The number of nitrogen functional groups attached to an aromatic ring is 1. The molecule has 0 atom stereocenters. The molecule has 0 amide bonds. The van der Waals surface area contributed by atoms with Gasteiger partial charge in [0.1, 0.15) is 10.5 Å². The summed E-state index contributed by atoms with van der Waals surface area (Å²) < 4.78 is 0.750. The number of rotatable bonds is 3. The maximum Gasteiger partial charge on any atom is 0.180 e. The third kappa shape index (κ3) is 2.55. The number of hydrazine groups is 1. The first-order valence-electron chi connectivity index (χ1n) is 3.97. The summed E-state index contributed by atoms with van der Waals surface area (Å²) in [6, 6.07) is 1.58. The van der Waals surface area contributed by atoms with E-state index in [-0.39, 0.29) is 0 Å². The highest BCUT2D eigenvalue weighted by Gasteiger charge is 2.11. The van der Waals surface area contributed by atoms with E-state index in [4.69, 9.17) is 29.0 Å². The van der Waals surface area contributed by atoms with Gasteiger partial charge in [0.05, 0.1) is 10.0 Å². The molecule has 2 aromatic heterocycles. The van der Waals surface area contributed by atoms with Gasteiger partial charge in [0.2, 0.25) is 0 Å². The maximum absolute atomic E-state index is 6.00. The topological polar surface area (TPSA) is 76.7 Å². The van der Waals surface area contributed by atoms with Gasteiger partial charge in [0, 0.05) is 0 Å². The van der Waals surface area contributed by atoms with E-state index >= 15 is 0 Å². The van der Waals surface area contributed by atoms with E-state index in [0.29, 0.717) is 20.9 Å². The van der Waals surface area contributed by atoms with Gasteiger partial charge in [-0.3, -0.25) is 0 Å². The average molecular weight is 294 g/mol. The van der Waals surface area contributed by atoms with Gasteiger partial charge in [0.25, 0.3) is 0 Å². The number of pyridine rings is 1. The molecule has 84 valence electrons. The molecule has 9 heteroatoms. The molecule has 0 aromatic carbocycles. The summed E-state index contributed by atoms with van der Waals surface area (Å²) in [6.07, 6.45) is 0. The molecule has 0 saturated heterocycles. The SMILES string of the molecule is NNc1nc(Sc2nncs2)c(Cl)cc1Cl. The van der Waals surface area contributed by atoms with E-state index in [2.05, 4.69) is 20.6 Å². The van der Waals surface area contributed by atoms with Crippen LogP contribution in [0.25, 0.3) is 0 Å². The number of hydrogen-bond acceptors (Lipinski definition) is 7. The minimum Gasteiger partial charge on any atom is -0.307 e. The third-order valence-electron chi connectivity index (χ3n) is 1.56. The zero-order chi connectivity index (χ0) is 11.5. The smallest absolute Gasteiger partial charge is 0.180 e. The molecule has 0 unspecified atom stereocenters. The number of nitrogens with two attached hydrogens (primary N) is 1. The van der Waals surface area contributed by atoms with Gasteiger partial charge in [-0.2, -0.15) is 0 Å². The number of hydrogen-bond donors (Lipinski definition) is 2. The highest BCUT2D eigenvalue weighted by atomic mass is 35.5. The van der Waals surface area contributed by atoms with Gasteiger partial charge < -0.3 is 5.43 Å². The average Bonchev–Trinajstić information content (AvgIpc) is 2.75. The Bertz CT molecular complexity index is 490. The van der Waals surface area contributed by atoms with Crippen molar-refractivity contribution in [3.8, 4) is 0 Å². The Morgan fingerprint density at radius 1 is 1.38 bits per heavy atom. The van der Waals surface area contributed by atoms with Crippen molar-refractivity contribution in [3.05, 3.63) is 21.6 Å². The van der Waals surface area contributed by atoms with Gasteiger partial charge in [-0.25, -0.2) is 10.8 Å². The second-order valence-corrected chi connectivity index (χ2v) is 5.44. The Morgan fingerprint density at radius 3 is 2.81 bits per heavy atom. The molecular formula is C7H5Cl2N5S2. The minimum atomic E-state index is 0.370. The molecule has 0 radical (unpaired) electrons. The van der Waals surface area contributed by atoms with E-state index in [1.165, 1.54) is 23.1 Å². The maximum atomic E-state index is 6.00. The van der Waals surface area contributed by atoms with Gasteiger partial charge in [-0.05, 0) is 17.8 Å². The first kappa shape index (κ1) is 11.9. The lowest BCUT2D eigenvalue weighted by Crippen LogP contribution is -2.09. The van der Waals surface area contributed by atoms with Gasteiger partial charge in [-0.1, -0.05) is 34.5 Å². The molecule has 16 heavy (non-hydrogen) atoms. The van der Waals surface area contributed by atoms with Crippen molar-refractivity contribution in [3.63, 3.8) is 0 Å². The highest BCUT2D eigenvalue weighted by molar-refractivity contribution is 8.01. The monoisotopic (exact) mass is 293 g/mol. The number of anilines is 1. The zero-order valence-electron chi connectivity index (χ0n) is 7.65. The predicted molar refractivity (Wildman–Crippen MR) is 66.1 cm³/mol. The lowest BCUT2D eigenvalue weighted by molar-refractivity contribution is 1.01. The van der Waals surface area contributed by atoms with Crippen molar-refractivity contribution in [2.75, 3.05) is 5.43 Å². The van der Waals surface area contributed by atoms with Crippen LogP contribution in [-0.4, -0.2) is 15.2 Å². The van der Waals surface area contributed by atoms with E-state index in [1.807, 2.05) is 0 Å². The van der Waals surface area contributed by atoms with Crippen molar-refractivity contribution in [1.82, 2.24) is 15.2 Å². The van der Waals surface area contributed by atoms with Crippen LogP contribution < -0.4 is 11.3 Å². The van der Waals surface area contributed by atoms with Crippen molar-refractivity contribution < 1.29 is 0 Å². The number of halogens is 2. The second kappa shape index (κ2) is 5.15. The number of nitrogens with one attached hydrogen (secondary N) is 1. The normalized spacial score (nSPS) is 10.4. The first-order chi connectivity index (χ1) is 7.70. The molecule has 0 fully saturated rings. The van der Waals surface area contributed by atoms with Crippen LogP contribution in [0.2, 0.25) is 10.0 Å². The number of nitrogens with zero attached hydrogens (tertiary/aromatic N) is 3. The molecule has 5 nitrogen and oxygen atoms in total.